The molecular formula is C11H24N2O. The van der Waals surface area contributed by atoms with Crippen molar-refractivity contribution in [3.8, 4) is 0 Å². The predicted molar refractivity (Wildman–Crippen MR) is 60.1 cm³/mol. The van der Waals surface area contributed by atoms with E-state index in [0.717, 1.165) is 26.2 Å². The molecule has 0 fully saturated rings. The Labute approximate surface area is 88.0 Å². The molecular weight excluding hydrogens is 176 g/mol. The Morgan fingerprint density at radius 1 is 0.929 bits per heavy atom. The smallest absolute Gasteiger partial charge is 0.133 e. The maximum atomic E-state index is 11.2. The van der Waals surface area contributed by atoms with Crippen molar-refractivity contribution in [1.82, 2.24) is 10.0 Å². The van der Waals surface area contributed by atoms with Gasteiger partial charge in [0.05, 0.1) is 0 Å². The minimum Gasteiger partial charge on any atom is -0.300 e. The summed E-state index contributed by atoms with van der Waals surface area (Å²) in [6.07, 6.45) is 1.34. The van der Waals surface area contributed by atoms with Crippen molar-refractivity contribution >= 4 is 5.78 Å². The molecule has 3 nitrogen and oxygen atoms in total. The van der Waals surface area contributed by atoms with Gasteiger partial charge in [-0.05, 0) is 0 Å². The van der Waals surface area contributed by atoms with Gasteiger partial charge in [-0.2, -0.15) is 0 Å². The normalized spacial score (nSPS) is 11.3. The SMILES string of the molecule is CCC(=O)CCN(CC)N(CC)CC. The number of hydrogen-bond acceptors (Lipinski definition) is 3. The molecule has 0 atom stereocenters. The second-order valence-electron chi connectivity index (χ2n) is 3.33. The van der Waals surface area contributed by atoms with Crippen LogP contribution in [0.25, 0.3) is 0 Å². The van der Waals surface area contributed by atoms with Crippen molar-refractivity contribution < 1.29 is 4.79 Å². The highest BCUT2D eigenvalue weighted by atomic mass is 16.1. The molecule has 0 spiro atoms. The third-order valence-electron chi connectivity index (χ3n) is 2.54. The molecule has 0 saturated carbocycles. The molecule has 0 aromatic rings. The van der Waals surface area contributed by atoms with Gasteiger partial charge >= 0.3 is 0 Å². The van der Waals surface area contributed by atoms with Crippen LogP contribution in [0.1, 0.15) is 40.5 Å². The van der Waals surface area contributed by atoms with E-state index >= 15 is 0 Å². The maximum absolute atomic E-state index is 11.2. The van der Waals surface area contributed by atoms with Gasteiger partial charge in [0.25, 0.3) is 0 Å². The standard InChI is InChI=1S/C11H24N2O/c1-5-11(14)9-10-13(8-4)12(6-2)7-3/h5-10H2,1-4H3. The van der Waals surface area contributed by atoms with Crippen LogP contribution in [0.15, 0.2) is 0 Å². The summed E-state index contributed by atoms with van der Waals surface area (Å²) in [5, 5.41) is 4.54. The van der Waals surface area contributed by atoms with Crippen molar-refractivity contribution in [1.29, 1.82) is 0 Å². The number of ketones is 1. The van der Waals surface area contributed by atoms with Crippen LogP contribution in [-0.4, -0.2) is 42.0 Å². The van der Waals surface area contributed by atoms with Crippen molar-refractivity contribution in [2.24, 2.45) is 0 Å². The van der Waals surface area contributed by atoms with E-state index in [1.807, 2.05) is 6.92 Å². The fourth-order valence-corrected chi connectivity index (χ4v) is 1.55. The van der Waals surface area contributed by atoms with Crippen LogP contribution in [0.5, 0.6) is 0 Å². The number of rotatable bonds is 8. The zero-order chi connectivity index (χ0) is 11.0. The summed E-state index contributed by atoms with van der Waals surface area (Å²) in [6, 6.07) is 0. The van der Waals surface area contributed by atoms with Gasteiger partial charge in [0.1, 0.15) is 5.78 Å². The zero-order valence-corrected chi connectivity index (χ0v) is 10.0. The molecule has 0 aliphatic heterocycles. The first-order valence-corrected chi connectivity index (χ1v) is 5.70. The van der Waals surface area contributed by atoms with Gasteiger partial charge in [0, 0.05) is 39.0 Å². The van der Waals surface area contributed by atoms with E-state index in [2.05, 4.69) is 30.8 Å². The van der Waals surface area contributed by atoms with Crippen LogP contribution in [0.3, 0.4) is 0 Å². The van der Waals surface area contributed by atoms with Gasteiger partial charge in [0.15, 0.2) is 0 Å². The number of hydrogen-bond donors (Lipinski definition) is 0. The first kappa shape index (κ1) is 13.6. The van der Waals surface area contributed by atoms with Crippen molar-refractivity contribution in [3.05, 3.63) is 0 Å². The van der Waals surface area contributed by atoms with Crippen LogP contribution in [0, 0.1) is 0 Å². The van der Waals surface area contributed by atoms with Gasteiger partial charge in [-0.3, -0.25) is 4.79 Å². The quantitative estimate of drug-likeness (QED) is 0.559. The number of Topliss-reactive ketones (excluding diaryl/α,β-unsaturated/α-hetero) is 1. The molecule has 0 saturated heterocycles. The summed E-state index contributed by atoms with van der Waals surface area (Å²) < 4.78 is 0. The van der Waals surface area contributed by atoms with Crippen LogP contribution in [-0.2, 0) is 4.79 Å². The Hall–Kier alpha value is -0.410. The van der Waals surface area contributed by atoms with Gasteiger partial charge in [0.2, 0.25) is 0 Å². The van der Waals surface area contributed by atoms with Crippen LogP contribution < -0.4 is 0 Å². The first-order valence-electron chi connectivity index (χ1n) is 5.70. The van der Waals surface area contributed by atoms with E-state index in [0.29, 0.717) is 18.6 Å². The highest BCUT2D eigenvalue weighted by Crippen LogP contribution is 2.00. The Morgan fingerprint density at radius 2 is 1.43 bits per heavy atom. The summed E-state index contributed by atoms with van der Waals surface area (Å²) in [6.45, 7) is 12.2. The van der Waals surface area contributed by atoms with E-state index in [1.54, 1.807) is 0 Å². The topological polar surface area (TPSA) is 23.6 Å². The number of carbonyl (C=O) groups excluding carboxylic acids is 1. The van der Waals surface area contributed by atoms with Crippen LogP contribution in [0.4, 0.5) is 0 Å². The second-order valence-corrected chi connectivity index (χ2v) is 3.33. The van der Waals surface area contributed by atoms with E-state index < -0.39 is 0 Å². The Morgan fingerprint density at radius 3 is 1.79 bits per heavy atom. The average Bonchev–Trinajstić information content (AvgIpc) is 2.23. The molecule has 0 rings (SSSR count). The largest absolute Gasteiger partial charge is 0.300 e. The number of hydrazine groups is 1. The van der Waals surface area contributed by atoms with Gasteiger partial charge in [-0.15, -0.1) is 0 Å². The lowest BCUT2D eigenvalue weighted by Gasteiger charge is -2.32. The van der Waals surface area contributed by atoms with E-state index in [9.17, 15) is 4.79 Å². The highest BCUT2D eigenvalue weighted by molar-refractivity contribution is 5.78. The first-order chi connectivity index (χ1) is 6.69. The Kier molecular flexibility index (Phi) is 7.71. The lowest BCUT2D eigenvalue weighted by Crippen LogP contribution is -2.43. The van der Waals surface area contributed by atoms with E-state index in [-0.39, 0.29) is 0 Å². The van der Waals surface area contributed by atoms with Gasteiger partial charge in [-0.25, -0.2) is 10.0 Å². The van der Waals surface area contributed by atoms with Gasteiger partial charge in [-0.1, -0.05) is 27.7 Å². The second kappa shape index (κ2) is 7.94. The van der Waals surface area contributed by atoms with Crippen molar-refractivity contribution in [2.75, 3.05) is 26.2 Å². The summed E-state index contributed by atoms with van der Waals surface area (Å²) in [5.41, 5.74) is 0. The molecule has 0 bridgehead atoms. The minimum absolute atomic E-state index is 0.357. The number of carbonyl (C=O) groups is 1. The maximum Gasteiger partial charge on any atom is 0.133 e. The summed E-state index contributed by atoms with van der Waals surface area (Å²) in [7, 11) is 0. The summed E-state index contributed by atoms with van der Waals surface area (Å²) in [4.78, 5) is 11.2. The van der Waals surface area contributed by atoms with E-state index in [4.69, 9.17) is 0 Å². The minimum atomic E-state index is 0.357. The predicted octanol–water partition coefficient (Wildman–Crippen LogP) is 1.93. The lowest BCUT2D eigenvalue weighted by molar-refractivity contribution is -0.120. The van der Waals surface area contributed by atoms with Crippen LogP contribution >= 0.6 is 0 Å². The van der Waals surface area contributed by atoms with Crippen molar-refractivity contribution in [3.63, 3.8) is 0 Å². The lowest BCUT2D eigenvalue weighted by atomic mass is 10.2. The fraction of sp³-hybridized carbons (Fsp3) is 0.909. The third-order valence-corrected chi connectivity index (χ3v) is 2.54. The van der Waals surface area contributed by atoms with Crippen LogP contribution in [0.2, 0.25) is 0 Å². The monoisotopic (exact) mass is 200 g/mol. The highest BCUT2D eigenvalue weighted by Gasteiger charge is 2.10. The molecule has 0 aliphatic carbocycles. The molecule has 14 heavy (non-hydrogen) atoms. The van der Waals surface area contributed by atoms with Gasteiger partial charge < -0.3 is 0 Å². The molecule has 0 radical (unpaired) electrons. The van der Waals surface area contributed by atoms with Crippen molar-refractivity contribution in [2.45, 2.75) is 40.5 Å². The summed E-state index contributed by atoms with van der Waals surface area (Å²) in [5.74, 6) is 0.357. The zero-order valence-electron chi connectivity index (χ0n) is 10.0. The van der Waals surface area contributed by atoms with E-state index in [1.165, 1.54) is 0 Å². The average molecular weight is 200 g/mol. The number of nitrogens with zero attached hydrogens (tertiary/aromatic N) is 2. The summed E-state index contributed by atoms with van der Waals surface area (Å²) >= 11 is 0. The third kappa shape index (κ3) is 4.72. The molecule has 3 heteroatoms. The molecule has 0 aromatic heterocycles. The Balaban J connectivity index is 3.94. The molecule has 0 N–H and O–H groups in total. The Bertz CT molecular complexity index is 155. The fourth-order valence-electron chi connectivity index (χ4n) is 1.55. The molecule has 0 aliphatic rings. The molecule has 0 aromatic carbocycles. The molecule has 0 amide bonds. The molecule has 0 heterocycles. The molecule has 84 valence electrons. The molecule has 0 unspecified atom stereocenters.